The number of carboxylic acids is 1. The summed E-state index contributed by atoms with van der Waals surface area (Å²) < 4.78 is 0. The Hall–Kier alpha value is -2.44. The van der Waals surface area contributed by atoms with E-state index in [0.717, 1.165) is 10.9 Å². The maximum atomic E-state index is 11.0. The zero-order valence-electron chi connectivity index (χ0n) is 10.3. The van der Waals surface area contributed by atoms with E-state index in [0.29, 0.717) is 10.9 Å². The second-order valence-electron chi connectivity index (χ2n) is 4.47. The number of aromatic carboxylic acids is 1. The van der Waals surface area contributed by atoms with E-state index in [9.17, 15) is 15.0 Å². The standard InChI is InChI=1S/C14H12N2O4/c17-6-11(18)13-12-8(5-10(16-13)14(19)20)7-3-1-2-4-9(7)15-12/h1-5,11,15,17-18H,6H2,(H,19,20)/p-1. The lowest BCUT2D eigenvalue weighted by molar-refractivity contribution is -0.255. The molecule has 6 nitrogen and oxygen atoms in total. The van der Waals surface area contributed by atoms with E-state index in [4.69, 9.17) is 5.11 Å². The van der Waals surface area contributed by atoms with E-state index in [2.05, 4.69) is 9.97 Å². The zero-order chi connectivity index (χ0) is 14.3. The molecule has 0 aliphatic carbocycles. The second-order valence-corrected chi connectivity index (χ2v) is 4.47. The molecule has 0 saturated carbocycles. The van der Waals surface area contributed by atoms with Crippen LogP contribution in [0.3, 0.4) is 0 Å². The summed E-state index contributed by atoms with van der Waals surface area (Å²) >= 11 is 0. The van der Waals surface area contributed by atoms with Crippen molar-refractivity contribution in [3.63, 3.8) is 0 Å². The predicted molar refractivity (Wildman–Crippen MR) is 70.0 cm³/mol. The van der Waals surface area contributed by atoms with Crippen LogP contribution in [0.5, 0.6) is 0 Å². The van der Waals surface area contributed by atoms with Crippen LogP contribution in [-0.2, 0) is 0 Å². The summed E-state index contributed by atoms with van der Waals surface area (Å²) in [4.78, 5) is 18.0. The third-order valence-electron chi connectivity index (χ3n) is 3.22. The maximum Gasteiger partial charge on any atom is 0.121 e. The fraction of sp³-hybridized carbons (Fsp3) is 0.143. The Kier molecular flexibility index (Phi) is 2.89. The Labute approximate surface area is 113 Å². The topological polar surface area (TPSA) is 109 Å². The number of carboxylic acid groups (broad SMARTS) is 1. The van der Waals surface area contributed by atoms with Gasteiger partial charge in [0.1, 0.15) is 6.10 Å². The van der Waals surface area contributed by atoms with Crippen LogP contribution >= 0.6 is 0 Å². The average molecular weight is 271 g/mol. The second kappa shape index (κ2) is 4.59. The Balaban J connectivity index is 2.43. The molecule has 2 aromatic heterocycles. The summed E-state index contributed by atoms with van der Waals surface area (Å²) in [6, 6.07) is 8.74. The molecular weight excluding hydrogens is 260 g/mol. The largest absolute Gasteiger partial charge is 0.543 e. The molecule has 3 N–H and O–H groups in total. The summed E-state index contributed by atoms with van der Waals surface area (Å²) in [5, 5.41) is 31.4. The van der Waals surface area contributed by atoms with Gasteiger partial charge in [-0.05, 0) is 12.1 Å². The number of H-pyrrole nitrogens is 1. The molecule has 3 aromatic rings. The fourth-order valence-electron chi connectivity index (χ4n) is 2.30. The number of aromatic nitrogens is 2. The predicted octanol–water partition coefficient (Wildman–Crippen LogP) is 0.105. The van der Waals surface area contributed by atoms with Crippen molar-refractivity contribution in [1.29, 1.82) is 0 Å². The smallest absolute Gasteiger partial charge is 0.121 e. The van der Waals surface area contributed by atoms with Crippen molar-refractivity contribution in [2.24, 2.45) is 0 Å². The molecule has 1 unspecified atom stereocenters. The molecule has 3 rings (SSSR count). The summed E-state index contributed by atoms with van der Waals surface area (Å²) in [5.41, 5.74) is 1.13. The fourth-order valence-corrected chi connectivity index (χ4v) is 2.30. The molecule has 0 bridgehead atoms. The number of aromatic amines is 1. The molecule has 0 fully saturated rings. The van der Waals surface area contributed by atoms with Crippen LogP contribution in [0.1, 0.15) is 22.3 Å². The molecule has 6 heteroatoms. The van der Waals surface area contributed by atoms with Gasteiger partial charge in [0.2, 0.25) is 0 Å². The summed E-state index contributed by atoms with van der Waals surface area (Å²) in [6.45, 7) is -0.548. The number of pyridine rings is 1. The van der Waals surface area contributed by atoms with Crippen molar-refractivity contribution < 1.29 is 20.1 Å². The van der Waals surface area contributed by atoms with Crippen LogP contribution in [0.4, 0.5) is 0 Å². The first-order chi connectivity index (χ1) is 9.61. The van der Waals surface area contributed by atoms with Gasteiger partial charge in [-0.25, -0.2) is 4.98 Å². The minimum Gasteiger partial charge on any atom is -0.543 e. The van der Waals surface area contributed by atoms with Crippen LogP contribution in [0.2, 0.25) is 0 Å². The van der Waals surface area contributed by atoms with Gasteiger partial charge in [0, 0.05) is 16.3 Å². The van der Waals surface area contributed by atoms with E-state index < -0.39 is 18.7 Å². The number of nitrogens with zero attached hydrogens (tertiary/aromatic N) is 1. The van der Waals surface area contributed by atoms with Gasteiger partial charge in [0.05, 0.1) is 29.5 Å². The van der Waals surface area contributed by atoms with Crippen LogP contribution < -0.4 is 5.11 Å². The molecular formula is C14H11N2O4-. The molecule has 102 valence electrons. The van der Waals surface area contributed by atoms with Gasteiger partial charge in [0.15, 0.2) is 0 Å². The molecule has 0 aliphatic rings. The molecule has 0 amide bonds. The van der Waals surface area contributed by atoms with Gasteiger partial charge in [-0.15, -0.1) is 0 Å². The van der Waals surface area contributed by atoms with Crippen LogP contribution in [0.15, 0.2) is 30.3 Å². The Morgan fingerprint density at radius 3 is 2.80 bits per heavy atom. The maximum absolute atomic E-state index is 11.0. The number of fused-ring (bicyclic) bond motifs is 3. The number of aliphatic hydroxyl groups excluding tert-OH is 2. The highest BCUT2D eigenvalue weighted by molar-refractivity contribution is 6.09. The minimum absolute atomic E-state index is 0.0976. The molecule has 1 aromatic carbocycles. The van der Waals surface area contributed by atoms with Gasteiger partial charge >= 0.3 is 0 Å². The van der Waals surface area contributed by atoms with Crippen LogP contribution in [0.25, 0.3) is 21.8 Å². The third-order valence-corrected chi connectivity index (χ3v) is 3.22. The van der Waals surface area contributed by atoms with Crippen molar-refractivity contribution in [2.45, 2.75) is 6.10 Å². The lowest BCUT2D eigenvalue weighted by Gasteiger charge is -2.11. The molecule has 0 saturated heterocycles. The van der Waals surface area contributed by atoms with Crippen LogP contribution in [0, 0.1) is 0 Å². The van der Waals surface area contributed by atoms with Gasteiger partial charge < -0.3 is 25.1 Å². The van der Waals surface area contributed by atoms with E-state index in [1.165, 1.54) is 6.07 Å². The summed E-state index contributed by atoms with van der Waals surface area (Å²) in [6.07, 6.45) is -1.26. The highest BCUT2D eigenvalue weighted by Gasteiger charge is 2.17. The summed E-state index contributed by atoms with van der Waals surface area (Å²) in [5.74, 6) is -1.43. The van der Waals surface area contributed by atoms with Gasteiger partial charge in [-0.3, -0.25) is 0 Å². The lowest BCUT2D eigenvalue weighted by atomic mass is 10.1. The first-order valence-corrected chi connectivity index (χ1v) is 6.03. The molecule has 0 spiro atoms. The van der Waals surface area contributed by atoms with Crippen molar-refractivity contribution in [3.8, 4) is 0 Å². The Morgan fingerprint density at radius 2 is 2.10 bits per heavy atom. The Morgan fingerprint density at radius 1 is 1.35 bits per heavy atom. The average Bonchev–Trinajstić information content (AvgIpc) is 2.84. The minimum atomic E-state index is -1.43. The number of aliphatic hydroxyl groups is 2. The number of hydrogen-bond donors (Lipinski definition) is 3. The van der Waals surface area contributed by atoms with E-state index >= 15 is 0 Å². The number of carbonyl (C=O) groups excluding carboxylic acids is 1. The highest BCUT2D eigenvalue weighted by atomic mass is 16.4. The van der Waals surface area contributed by atoms with Crippen molar-refractivity contribution in [3.05, 3.63) is 41.7 Å². The first kappa shape index (κ1) is 12.6. The third kappa shape index (κ3) is 1.82. The number of nitrogens with one attached hydrogen (secondary N) is 1. The van der Waals surface area contributed by atoms with Crippen LogP contribution in [-0.4, -0.2) is 32.8 Å². The zero-order valence-corrected chi connectivity index (χ0v) is 10.3. The Bertz CT molecular complexity index is 809. The van der Waals surface area contributed by atoms with E-state index in [-0.39, 0.29) is 11.4 Å². The number of para-hydroxylation sites is 1. The van der Waals surface area contributed by atoms with Gasteiger partial charge in [-0.1, -0.05) is 18.2 Å². The molecule has 2 heterocycles. The molecule has 20 heavy (non-hydrogen) atoms. The van der Waals surface area contributed by atoms with Gasteiger partial charge in [0.25, 0.3) is 0 Å². The lowest BCUT2D eigenvalue weighted by Crippen LogP contribution is -2.24. The van der Waals surface area contributed by atoms with Gasteiger partial charge in [-0.2, -0.15) is 0 Å². The monoisotopic (exact) mass is 271 g/mol. The number of benzene rings is 1. The molecule has 1 atom stereocenters. The number of carbonyl (C=O) groups is 1. The van der Waals surface area contributed by atoms with Crippen molar-refractivity contribution >= 4 is 27.8 Å². The van der Waals surface area contributed by atoms with E-state index in [1.807, 2.05) is 24.3 Å². The quantitative estimate of drug-likeness (QED) is 0.626. The van der Waals surface area contributed by atoms with E-state index in [1.54, 1.807) is 0 Å². The SMILES string of the molecule is O=C([O-])c1cc2c([nH]c3ccccc32)c(C(O)CO)n1. The highest BCUT2D eigenvalue weighted by Crippen LogP contribution is 2.29. The number of hydrogen-bond acceptors (Lipinski definition) is 5. The normalized spacial score (nSPS) is 12.9. The molecule has 0 aliphatic heterocycles. The van der Waals surface area contributed by atoms with Crippen molar-refractivity contribution in [1.82, 2.24) is 9.97 Å². The summed E-state index contributed by atoms with van der Waals surface area (Å²) in [7, 11) is 0. The van der Waals surface area contributed by atoms with Crippen molar-refractivity contribution in [2.75, 3.05) is 6.61 Å². The molecule has 0 radical (unpaired) electrons. The number of rotatable bonds is 3. The first-order valence-electron chi connectivity index (χ1n) is 6.03.